The van der Waals surface area contributed by atoms with Crippen LogP contribution in [0.25, 0.3) is 0 Å². The summed E-state index contributed by atoms with van der Waals surface area (Å²) in [4.78, 5) is 58.7. The van der Waals surface area contributed by atoms with Gasteiger partial charge in [-0.25, -0.2) is 9.13 Å². The molecule has 0 rings (SSSR count). The highest BCUT2D eigenvalue weighted by atomic mass is 31.2. The van der Waals surface area contributed by atoms with Crippen molar-refractivity contribution in [2.45, 2.75) is 386 Å². The van der Waals surface area contributed by atoms with E-state index in [0.29, 0.717) is 19.3 Å². The minimum Gasteiger partial charge on any atom is -0.463 e. The summed E-state index contributed by atoms with van der Waals surface area (Å²) in [6, 6.07) is 0. The Morgan fingerprint density at radius 3 is 0.804 bits per heavy atom. The summed E-state index contributed by atoms with van der Waals surface area (Å²) >= 11 is 0. The van der Waals surface area contributed by atoms with Gasteiger partial charge in [0.05, 0.1) is 26.4 Å². The maximum Gasteiger partial charge on any atom is 0.472 e. The van der Waals surface area contributed by atoms with Gasteiger partial charge in [-0.3, -0.25) is 32.5 Å². The molecule has 0 aromatic rings. The lowest BCUT2D eigenvalue weighted by Gasteiger charge is -2.21. The van der Waals surface area contributed by atoms with E-state index >= 15 is 0 Å². The standard InChI is InChI=1S/C89H156O16P2/c1-4-7-10-13-16-19-22-24-26-28-30-32-34-36-38-40-41-43-45-46-48-50-52-54-56-58-61-63-66-69-72-75-87(92)99-78-84(90)79-101-106(95,96)102-80-85(91)81-103-107(97,98)104-83-86(105-89(94)77-74-71-68-65-60-21-18-15-12-9-6-3)82-100-88(93)76-73-70-67-64-62-59-57-55-53-51-49-47-44-42-39-37-35-33-31-29-27-25-23-20-17-14-11-8-5-2/h8,11,16-17,19-20,24-27,30-33,36-39,44,47,84-86,90-91H,4-7,9-10,12-15,18,21-23,28-29,34-35,40-43,45-46,48-83H2,1-3H3,(H,95,96)(H,97,98)/b11-8-,19-16-,20-17-,26-24-,27-25-,32-30-,33-31-,38-36-,39-37-,47-44-. The Labute approximate surface area is 653 Å². The van der Waals surface area contributed by atoms with Crippen LogP contribution in [0.4, 0.5) is 0 Å². The Balaban J connectivity index is 4.40. The number of esters is 3. The van der Waals surface area contributed by atoms with Gasteiger partial charge >= 0.3 is 33.6 Å². The predicted octanol–water partition coefficient (Wildman–Crippen LogP) is 25.7. The number of aliphatic hydroxyl groups is 2. The Morgan fingerprint density at radius 2 is 0.495 bits per heavy atom. The first-order valence-electron chi connectivity index (χ1n) is 42.8. The van der Waals surface area contributed by atoms with Gasteiger partial charge in [0.1, 0.15) is 25.4 Å². The van der Waals surface area contributed by atoms with Crippen LogP contribution in [0.2, 0.25) is 0 Å². The molecule has 0 aromatic heterocycles. The molecule has 4 N–H and O–H groups in total. The monoisotopic (exact) mass is 1540 g/mol. The van der Waals surface area contributed by atoms with Crippen molar-refractivity contribution in [3.8, 4) is 0 Å². The van der Waals surface area contributed by atoms with Crippen LogP contribution in [-0.4, -0.2) is 95.9 Å². The van der Waals surface area contributed by atoms with Crippen molar-refractivity contribution in [1.82, 2.24) is 0 Å². The second-order valence-electron chi connectivity index (χ2n) is 28.6. The molecular formula is C89H156O16P2. The Morgan fingerprint density at radius 1 is 0.271 bits per heavy atom. The first-order chi connectivity index (χ1) is 52.2. The van der Waals surface area contributed by atoms with Crippen LogP contribution in [0.3, 0.4) is 0 Å². The Bertz CT molecular complexity index is 2430. The zero-order valence-electron chi connectivity index (χ0n) is 67.8. The second-order valence-corrected chi connectivity index (χ2v) is 31.5. The van der Waals surface area contributed by atoms with E-state index in [1.807, 2.05) is 0 Å². The van der Waals surface area contributed by atoms with Crippen LogP contribution in [0.1, 0.15) is 367 Å². The summed E-state index contributed by atoms with van der Waals surface area (Å²) in [6.07, 6.45) is 98.4. The maximum absolute atomic E-state index is 12.9. The summed E-state index contributed by atoms with van der Waals surface area (Å²) in [5.74, 6) is -1.57. The van der Waals surface area contributed by atoms with Crippen LogP contribution in [0.15, 0.2) is 122 Å². The smallest absolute Gasteiger partial charge is 0.463 e. The molecule has 16 nitrogen and oxygen atoms in total. The second kappa shape index (κ2) is 81.4. The molecule has 0 bridgehead atoms. The van der Waals surface area contributed by atoms with Crippen LogP contribution in [0, 0.1) is 0 Å². The zero-order valence-corrected chi connectivity index (χ0v) is 69.6. The van der Waals surface area contributed by atoms with E-state index in [1.54, 1.807) is 0 Å². The van der Waals surface area contributed by atoms with E-state index in [4.69, 9.17) is 32.3 Å². The molecule has 5 unspecified atom stereocenters. The third-order valence-electron chi connectivity index (χ3n) is 18.2. The molecule has 0 amide bonds. The molecule has 0 saturated heterocycles. The van der Waals surface area contributed by atoms with Gasteiger partial charge in [-0.05, 0) is 116 Å². The third kappa shape index (κ3) is 82.7. The van der Waals surface area contributed by atoms with Crippen LogP contribution >= 0.6 is 15.6 Å². The molecule has 107 heavy (non-hydrogen) atoms. The fourth-order valence-corrected chi connectivity index (χ4v) is 13.3. The fourth-order valence-electron chi connectivity index (χ4n) is 11.7. The zero-order chi connectivity index (χ0) is 78.0. The minimum absolute atomic E-state index is 0.105. The van der Waals surface area contributed by atoms with Crippen molar-refractivity contribution in [2.24, 2.45) is 0 Å². The summed E-state index contributed by atoms with van der Waals surface area (Å²) in [7, 11) is -9.78. The number of aliphatic hydroxyl groups excluding tert-OH is 2. The lowest BCUT2D eigenvalue weighted by Crippen LogP contribution is -2.30. The van der Waals surface area contributed by atoms with Gasteiger partial charge in [0.2, 0.25) is 0 Å². The summed E-state index contributed by atoms with van der Waals surface area (Å²) in [5, 5.41) is 20.7. The van der Waals surface area contributed by atoms with Gasteiger partial charge in [-0.2, -0.15) is 0 Å². The lowest BCUT2D eigenvalue weighted by molar-refractivity contribution is -0.161. The topological polar surface area (TPSA) is 231 Å². The van der Waals surface area contributed by atoms with Crippen LogP contribution < -0.4 is 0 Å². The first kappa shape index (κ1) is 103. The quantitative estimate of drug-likeness (QED) is 0.0146. The predicted molar refractivity (Wildman–Crippen MR) is 445 cm³/mol. The molecule has 0 spiro atoms. The van der Waals surface area contributed by atoms with Crippen molar-refractivity contribution in [3.05, 3.63) is 122 Å². The number of rotatable bonds is 81. The molecule has 0 aromatic carbocycles. The number of hydrogen-bond acceptors (Lipinski definition) is 14. The molecule has 5 atom stereocenters. The maximum atomic E-state index is 12.9. The Kier molecular flexibility index (Phi) is 78.4. The van der Waals surface area contributed by atoms with Gasteiger partial charge in [0, 0.05) is 19.3 Å². The summed E-state index contributed by atoms with van der Waals surface area (Å²) in [6.45, 7) is 2.56. The third-order valence-corrected chi connectivity index (χ3v) is 20.1. The van der Waals surface area contributed by atoms with Crippen molar-refractivity contribution >= 4 is 33.6 Å². The van der Waals surface area contributed by atoms with Gasteiger partial charge in [0.15, 0.2) is 6.10 Å². The number of carbonyl (C=O) groups excluding carboxylic acids is 3. The molecule has 0 aliphatic carbocycles. The number of allylic oxidation sites excluding steroid dienone is 20. The van der Waals surface area contributed by atoms with Crippen LogP contribution in [-0.2, 0) is 55.8 Å². The van der Waals surface area contributed by atoms with Crippen molar-refractivity contribution < 1.29 is 75.8 Å². The summed E-state index contributed by atoms with van der Waals surface area (Å²) < 4.78 is 61.2. The molecule has 0 fully saturated rings. The molecular weight excluding hydrogens is 1390 g/mol. The van der Waals surface area contributed by atoms with Gasteiger partial charge < -0.3 is 34.2 Å². The van der Waals surface area contributed by atoms with Gasteiger partial charge in [-0.1, -0.05) is 354 Å². The van der Waals surface area contributed by atoms with Crippen molar-refractivity contribution in [3.63, 3.8) is 0 Å². The molecule has 0 heterocycles. The number of ether oxygens (including phenoxy) is 3. The number of carbonyl (C=O) groups is 3. The van der Waals surface area contributed by atoms with Crippen LogP contribution in [0.5, 0.6) is 0 Å². The molecule has 618 valence electrons. The van der Waals surface area contributed by atoms with E-state index in [2.05, 4.69) is 142 Å². The Hall–Kier alpha value is -4.05. The van der Waals surface area contributed by atoms with E-state index in [0.717, 1.165) is 135 Å². The van der Waals surface area contributed by atoms with Gasteiger partial charge in [-0.15, -0.1) is 0 Å². The van der Waals surface area contributed by atoms with Crippen molar-refractivity contribution in [1.29, 1.82) is 0 Å². The first-order valence-corrected chi connectivity index (χ1v) is 45.8. The lowest BCUT2D eigenvalue weighted by atomic mass is 10.0. The van der Waals surface area contributed by atoms with E-state index < -0.39 is 91.5 Å². The SMILES string of the molecule is CC/C=C\C/C=C\C/C=C\C/C=C\C/C=C\C/C=C\CCCCCCCCCCCCC(=O)OCC(COP(=O)(O)OCC(O)COP(=O)(O)OCC(O)COC(=O)CCCCCCCCCCCCCCCCC/C=C\C/C=C\C/C=C\C/C=C\CCCCC)OC(=O)CCCCCCCCCCCCC. The molecule has 0 aliphatic rings. The minimum atomic E-state index is -4.93. The highest BCUT2D eigenvalue weighted by Gasteiger charge is 2.29. The number of hydrogen-bond donors (Lipinski definition) is 4. The molecule has 0 radical (unpaired) electrons. The van der Waals surface area contributed by atoms with E-state index in [-0.39, 0.29) is 19.3 Å². The van der Waals surface area contributed by atoms with Crippen molar-refractivity contribution in [2.75, 3.05) is 39.6 Å². The average Bonchev–Trinajstić information content (AvgIpc) is 0.908. The molecule has 0 aliphatic heterocycles. The number of phosphoric acid groups is 2. The fraction of sp³-hybridized carbons (Fsp3) is 0.742. The number of phosphoric ester groups is 2. The van der Waals surface area contributed by atoms with Gasteiger partial charge in [0.25, 0.3) is 0 Å². The summed E-state index contributed by atoms with van der Waals surface area (Å²) in [5.41, 5.74) is 0. The largest absolute Gasteiger partial charge is 0.472 e. The highest BCUT2D eigenvalue weighted by Crippen LogP contribution is 2.45. The molecule has 0 saturated carbocycles. The average molecular weight is 1540 g/mol. The highest BCUT2D eigenvalue weighted by molar-refractivity contribution is 7.47. The van der Waals surface area contributed by atoms with E-state index in [9.17, 15) is 43.5 Å². The normalized spacial score (nSPS) is 14.5. The molecule has 18 heteroatoms. The van der Waals surface area contributed by atoms with E-state index in [1.165, 1.54) is 173 Å². The number of unbranched alkanes of at least 4 members (excludes halogenated alkanes) is 38.